The van der Waals surface area contributed by atoms with Gasteiger partial charge in [0.15, 0.2) is 5.82 Å². The number of halogens is 3. The van der Waals surface area contributed by atoms with Crippen molar-refractivity contribution in [3.8, 4) is 11.5 Å². The quantitative estimate of drug-likeness (QED) is 0.440. The molecule has 0 saturated heterocycles. The van der Waals surface area contributed by atoms with Crippen LogP contribution in [-0.4, -0.2) is 43.1 Å². The molecule has 4 aromatic rings. The summed E-state index contributed by atoms with van der Waals surface area (Å²) in [4.78, 5) is 25.3. The van der Waals surface area contributed by atoms with E-state index in [9.17, 15) is 18.0 Å². The highest BCUT2D eigenvalue weighted by molar-refractivity contribution is 6.06. The average Bonchev–Trinajstić information content (AvgIpc) is 3.19. The van der Waals surface area contributed by atoms with Gasteiger partial charge in [-0.2, -0.15) is 18.3 Å². The second kappa shape index (κ2) is 9.23. The van der Waals surface area contributed by atoms with Crippen LogP contribution in [0.5, 0.6) is 0 Å². The number of hydrogen-bond donors (Lipinski definition) is 2. The van der Waals surface area contributed by atoms with E-state index in [0.29, 0.717) is 41.4 Å². The highest BCUT2D eigenvalue weighted by atomic mass is 19.4. The summed E-state index contributed by atoms with van der Waals surface area (Å²) < 4.78 is 39.5. The zero-order valence-corrected chi connectivity index (χ0v) is 17.5. The zero-order chi connectivity index (χ0) is 23.4. The summed E-state index contributed by atoms with van der Waals surface area (Å²) in [6.45, 7) is 2.24. The molecule has 8 nitrogen and oxygen atoms in total. The number of nitrogens with one attached hydrogen (secondary N) is 2. The number of rotatable bonds is 7. The van der Waals surface area contributed by atoms with Gasteiger partial charge in [0, 0.05) is 37.4 Å². The van der Waals surface area contributed by atoms with Gasteiger partial charge in [-0.3, -0.25) is 4.79 Å². The molecule has 33 heavy (non-hydrogen) atoms. The Morgan fingerprint density at radius 2 is 1.88 bits per heavy atom. The molecule has 4 aromatic heterocycles. The van der Waals surface area contributed by atoms with E-state index in [4.69, 9.17) is 0 Å². The second-order valence-corrected chi connectivity index (χ2v) is 7.35. The number of hydrogen-bond acceptors (Lipinski definition) is 6. The van der Waals surface area contributed by atoms with E-state index >= 15 is 0 Å². The number of carbonyl (C=O) groups is 1. The van der Waals surface area contributed by atoms with Crippen LogP contribution in [0, 0.1) is 0 Å². The Balaban J connectivity index is 1.42. The van der Waals surface area contributed by atoms with Crippen molar-refractivity contribution < 1.29 is 18.0 Å². The van der Waals surface area contributed by atoms with E-state index < -0.39 is 11.7 Å². The third-order valence-corrected chi connectivity index (χ3v) is 4.90. The molecule has 2 N–H and O–H groups in total. The van der Waals surface area contributed by atoms with Crippen molar-refractivity contribution in [3.05, 3.63) is 72.3 Å². The molecule has 0 aliphatic carbocycles. The molecular formula is C22H20F3N7O. The van der Waals surface area contributed by atoms with Crippen molar-refractivity contribution in [1.29, 1.82) is 0 Å². The van der Waals surface area contributed by atoms with E-state index in [2.05, 4.69) is 30.7 Å². The summed E-state index contributed by atoms with van der Waals surface area (Å²) >= 11 is 0. The van der Waals surface area contributed by atoms with Gasteiger partial charge >= 0.3 is 6.18 Å². The molecule has 0 fully saturated rings. The monoisotopic (exact) mass is 455 g/mol. The van der Waals surface area contributed by atoms with Crippen molar-refractivity contribution in [3.63, 3.8) is 0 Å². The lowest BCUT2D eigenvalue weighted by Crippen LogP contribution is -2.34. The molecule has 0 spiro atoms. The van der Waals surface area contributed by atoms with Crippen LogP contribution in [0.1, 0.15) is 29.3 Å². The predicted octanol–water partition coefficient (Wildman–Crippen LogP) is 3.83. The molecule has 0 unspecified atom stereocenters. The lowest BCUT2D eigenvalue weighted by molar-refractivity contribution is -0.137. The molecule has 1 amide bonds. The fourth-order valence-electron chi connectivity index (χ4n) is 3.25. The molecule has 0 aromatic carbocycles. The molecule has 4 heterocycles. The molecule has 11 heteroatoms. The number of amides is 1. The molecule has 4 rings (SSSR count). The predicted molar refractivity (Wildman–Crippen MR) is 115 cm³/mol. The maximum atomic E-state index is 13.1. The SMILES string of the molecule is C[C@H](CCNc1ccc(C(F)(F)F)cn1)NC(=O)c1c(-c2ncccn2)nn2ccccc12. The molecule has 0 aliphatic heterocycles. The number of pyridine rings is 2. The topological polar surface area (TPSA) is 97.1 Å². The van der Waals surface area contributed by atoms with Gasteiger partial charge in [-0.05, 0) is 43.7 Å². The van der Waals surface area contributed by atoms with E-state index in [0.717, 1.165) is 12.3 Å². The van der Waals surface area contributed by atoms with Gasteiger partial charge in [0.2, 0.25) is 0 Å². The van der Waals surface area contributed by atoms with Gasteiger partial charge in [0.25, 0.3) is 5.91 Å². The zero-order valence-electron chi connectivity index (χ0n) is 17.5. The minimum Gasteiger partial charge on any atom is -0.370 e. The fourth-order valence-corrected chi connectivity index (χ4v) is 3.25. The second-order valence-electron chi connectivity index (χ2n) is 7.35. The lowest BCUT2D eigenvalue weighted by atomic mass is 10.1. The largest absolute Gasteiger partial charge is 0.417 e. The van der Waals surface area contributed by atoms with Gasteiger partial charge in [-0.15, -0.1) is 0 Å². The van der Waals surface area contributed by atoms with Gasteiger partial charge < -0.3 is 10.6 Å². The summed E-state index contributed by atoms with van der Waals surface area (Å²) in [6.07, 6.45) is 1.78. The van der Waals surface area contributed by atoms with Crippen LogP contribution in [0.25, 0.3) is 17.0 Å². The van der Waals surface area contributed by atoms with Crippen LogP contribution in [0.3, 0.4) is 0 Å². The number of carbonyl (C=O) groups excluding carboxylic acids is 1. The van der Waals surface area contributed by atoms with Crippen LogP contribution in [0.4, 0.5) is 19.0 Å². The number of fused-ring (bicyclic) bond motifs is 1. The highest BCUT2D eigenvalue weighted by Gasteiger charge is 2.30. The van der Waals surface area contributed by atoms with Crippen molar-refractivity contribution in [2.24, 2.45) is 0 Å². The molecule has 0 bridgehead atoms. The summed E-state index contributed by atoms with van der Waals surface area (Å²) in [6, 6.07) is 9.10. The standard InChI is InChI=1S/C22H20F3N7O/c1-14(8-11-26-17-7-6-15(13-29-17)22(23,24)25)30-21(33)18-16-5-2-3-12-32(16)31-19(18)20-27-9-4-10-28-20/h2-7,9-10,12-14H,8,11H2,1H3,(H,26,29)(H,30,33)/t14-/m1/s1. The van der Waals surface area contributed by atoms with Gasteiger partial charge in [0.1, 0.15) is 11.5 Å². The smallest absolute Gasteiger partial charge is 0.370 e. The maximum Gasteiger partial charge on any atom is 0.417 e. The summed E-state index contributed by atoms with van der Waals surface area (Å²) in [5.74, 6) is 0.348. The van der Waals surface area contributed by atoms with Crippen molar-refractivity contribution >= 4 is 17.2 Å². The number of anilines is 1. The van der Waals surface area contributed by atoms with Crippen molar-refractivity contribution in [2.75, 3.05) is 11.9 Å². The van der Waals surface area contributed by atoms with Crippen LogP contribution in [0.15, 0.2) is 61.2 Å². The van der Waals surface area contributed by atoms with E-state index in [1.807, 2.05) is 13.0 Å². The van der Waals surface area contributed by atoms with Crippen LogP contribution < -0.4 is 10.6 Å². The Bertz CT molecular complexity index is 1240. The van der Waals surface area contributed by atoms with Crippen molar-refractivity contribution in [1.82, 2.24) is 29.9 Å². The van der Waals surface area contributed by atoms with E-state index in [1.54, 1.807) is 41.3 Å². The average molecular weight is 455 g/mol. The maximum absolute atomic E-state index is 13.1. The Morgan fingerprint density at radius 1 is 1.09 bits per heavy atom. The Morgan fingerprint density at radius 3 is 2.58 bits per heavy atom. The van der Waals surface area contributed by atoms with Crippen LogP contribution >= 0.6 is 0 Å². The number of nitrogens with zero attached hydrogens (tertiary/aromatic N) is 5. The Hall–Kier alpha value is -4.02. The van der Waals surface area contributed by atoms with Crippen LogP contribution in [0.2, 0.25) is 0 Å². The van der Waals surface area contributed by atoms with E-state index in [1.165, 1.54) is 6.07 Å². The molecular weight excluding hydrogens is 435 g/mol. The molecule has 170 valence electrons. The van der Waals surface area contributed by atoms with Gasteiger partial charge in [-0.25, -0.2) is 19.5 Å². The lowest BCUT2D eigenvalue weighted by Gasteiger charge is -2.15. The molecule has 1 atom stereocenters. The summed E-state index contributed by atoms with van der Waals surface area (Å²) in [5.41, 5.74) is 0.557. The summed E-state index contributed by atoms with van der Waals surface area (Å²) in [7, 11) is 0. The van der Waals surface area contributed by atoms with Crippen molar-refractivity contribution in [2.45, 2.75) is 25.6 Å². The Labute approximate surface area is 186 Å². The number of aromatic nitrogens is 5. The Kier molecular flexibility index (Phi) is 6.20. The van der Waals surface area contributed by atoms with Gasteiger partial charge in [0.05, 0.1) is 16.6 Å². The molecule has 0 aliphatic rings. The third-order valence-electron chi connectivity index (χ3n) is 4.90. The first kappa shape index (κ1) is 22.2. The normalized spacial score (nSPS) is 12.5. The third kappa shape index (κ3) is 5.08. The summed E-state index contributed by atoms with van der Waals surface area (Å²) in [5, 5.41) is 10.4. The molecule has 0 saturated carbocycles. The first-order valence-corrected chi connectivity index (χ1v) is 10.2. The minimum atomic E-state index is -4.42. The molecule has 0 radical (unpaired) electrons. The number of alkyl halides is 3. The van der Waals surface area contributed by atoms with Crippen LogP contribution in [-0.2, 0) is 6.18 Å². The first-order valence-electron chi connectivity index (χ1n) is 10.2. The van der Waals surface area contributed by atoms with E-state index in [-0.39, 0.29) is 11.9 Å². The fraction of sp³-hybridized carbons (Fsp3) is 0.227. The van der Waals surface area contributed by atoms with Gasteiger partial charge in [-0.1, -0.05) is 6.07 Å². The first-order chi connectivity index (χ1) is 15.8. The minimum absolute atomic E-state index is 0.234. The highest BCUT2D eigenvalue weighted by Crippen LogP contribution is 2.29.